The Bertz CT molecular complexity index is 1220. The standard InChI is InChI=1S/C25H24N4O2S/c1-4-17-8-5-6-10-22(17)29-24(31)21(23(30)26-25(29)32)16-20-9-7-15-28(20)19-13-11-18(12-14-19)27(2)3/h5-16H,4H2,1-3H3,(H,26,30,32)/b21-16+. The van der Waals surface area contributed by atoms with E-state index in [-0.39, 0.29) is 10.7 Å². The van der Waals surface area contributed by atoms with Crippen LogP contribution in [0.25, 0.3) is 11.8 Å². The Morgan fingerprint density at radius 3 is 2.41 bits per heavy atom. The summed E-state index contributed by atoms with van der Waals surface area (Å²) in [7, 11) is 3.97. The second-order valence-electron chi connectivity index (χ2n) is 7.65. The van der Waals surface area contributed by atoms with E-state index in [0.717, 1.165) is 29.1 Å². The van der Waals surface area contributed by atoms with E-state index in [4.69, 9.17) is 12.2 Å². The SMILES string of the molecule is CCc1ccccc1N1C(=O)/C(=C/c2cccn2-c2ccc(N(C)C)cc2)C(=O)NC1=S. The van der Waals surface area contributed by atoms with Crippen molar-refractivity contribution in [3.63, 3.8) is 0 Å². The first-order chi connectivity index (χ1) is 15.4. The first-order valence-corrected chi connectivity index (χ1v) is 10.8. The molecule has 1 aromatic heterocycles. The molecule has 0 aliphatic carbocycles. The van der Waals surface area contributed by atoms with Crippen LogP contribution in [0.3, 0.4) is 0 Å². The summed E-state index contributed by atoms with van der Waals surface area (Å²) in [5, 5.41) is 2.76. The van der Waals surface area contributed by atoms with E-state index < -0.39 is 11.8 Å². The fraction of sp³-hybridized carbons (Fsp3) is 0.160. The number of rotatable bonds is 5. The first-order valence-electron chi connectivity index (χ1n) is 10.3. The van der Waals surface area contributed by atoms with E-state index in [1.165, 1.54) is 4.90 Å². The molecule has 2 heterocycles. The smallest absolute Gasteiger partial charge is 0.270 e. The highest BCUT2D eigenvalue weighted by Crippen LogP contribution is 2.27. The van der Waals surface area contributed by atoms with Gasteiger partial charge in [0.15, 0.2) is 5.11 Å². The molecule has 2 amide bonds. The topological polar surface area (TPSA) is 57.6 Å². The highest BCUT2D eigenvalue weighted by Gasteiger charge is 2.35. The molecule has 1 aliphatic rings. The zero-order chi connectivity index (χ0) is 22.8. The first kappa shape index (κ1) is 21.5. The maximum absolute atomic E-state index is 13.4. The molecule has 0 bridgehead atoms. The number of hydrogen-bond acceptors (Lipinski definition) is 4. The normalized spacial score (nSPS) is 15.3. The zero-order valence-corrected chi connectivity index (χ0v) is 19.0. The summed E-state index contributed by atoms with van der Waals surface area (Å²) >= 11 is 5.34. The lowest BCUT2D eigenvalue weighted by Crippen LogP contribution is -2.54. The van der Waals surface area contributed by atoms with Crippen molar-refractivity contribution in [1.82, 2.24) is 9.88 Å². The van der Waals surface area contributed by atoms with Gasteiger partial charge < -0.3 is 9.47 Å². The Labute approximate surface area is 192 Å². The van der Waals surface area contributed by atoms with Crippen molar-refractivity contribution in [3.05, 3.63) is 83.7 Å². The van der Waals surface area contributed by atoms with Gasteiger partial charge in [0.05, 0.1) is 5.69 Å². The van der Waals surface area contributed by atoms with Gasteiger partial charge in [0.1, 0.15) is 5.57 Å². The number of anilines is 2. The van der Waals surface area contributed by atoms with Crippen LogP contribution in [0.4, 0.5) is 11.4 Å². The summed E-state index contributed by atoms with van der Waals surface area (Å²) in [6.45, 7) is 2.01. The third-order valence-corrected chi connectivity index (χ3v) is 5.72. The van der Waals surface area contributed by atoms with Gasteiger partial charge in [0.25, 0.3) is 11.8 Å². The van der Waals surface area contributed by atoms with Crippen LogP contribution in [0.1, 0.15) is 18.2 Å². The number of aromatic nitrogens is 1. The highest BCUT2D eigenvalue weighted by atomic mass is 32.1. The summed E-state index contributed by atoms with van der Waals surface area (Å²) in [4.78, 5) is 29.5. The van der Waals surface area contributed by atoms with Gasteiger partial charge in [0, 0.05) is 37.4 Å². The monoisotopic (exact) mass is 444 g/mol. The van der Waals surface area contributed by atoms with Crippen LogP contribution in [0.2, 0.25) is 0 Å². The molecule has 0 saturated carbocycles. The number of thiocarbonyl (C=S) groups is 1. The summed E-state index contributed by atoms with van der Waals surface area (Å²) in [5.41, 5.74) is 4.43. The average Bonchev–Trinajstić information content (AvgIpc) is 3.25. The van der Waals surface area contributed by atoms with Crippen LogP contribution in [0, 0.1) is 0 Å². The van der Waals surface area contributed by atoms with Crippen molar-refractivity contribution in [2.24, 2.45) is 0 Å². The molecule has 2 aromatic carbocycles. The lowest BCUT2D eigenvalue weighted by molar-refractivity contribution is -0.122. The van der Waals surface area contributed by atoms with Crippen molar-refractivity contribution in [2.75, 3.05) is 23.9 Å². The number of nitrogens with one attached hydrogen (secondary N) is 1. The van der Waals surface area contributed by atoms with Crippen LogP contribution < -0.4 is 15.1 Å². The predicted octanol–water partition coefficient (Wildman–Crippen LogP) is 3.94. The number of para-hydroxylation sites is 1. The molecule has 0 unspecified atom stereocenters. The molecule has 1 fully saturated rings. The molecule has 1 aliphatic heterocycles. The quantitative estimate of drug-likeness (QED) is 0.368. The molecule has 0 spiro atoms. The summed E-state index contributed by atoms with van der Waals surface area (Å²) < 4.78 is 1.93. The van der Waals surface area contributed by atoms with Gasteiger partial charge >= 0.3 is 0 Å². The Balaban J connectivity index is 1.73. The van der Waals surface area contributed by atoms with Gasteiger partial charge in [-0.05, 0) is 72.7 Å². The zero-order valence-electron chi connectivity index (χ0n) is 18.2. The van der Waals surface area contributed by atoms with Gasteiger partial charge in [-0.15, -0.1) is 0 Å². The second kappa shape index (κ2) is 8.80. The second-order valence-corrected chi connectivity index (χ2v) is 8.04. The molecule has 0 atom stereocenters. The van der Waals surface area contributed by atoms with E-state index in [1.54, 1.807) is 6.08 Å². The molecule has 4 rings (SSSR count). The number of carbonyl (C=O) groups excluding carboxylic acids is 2. The van der Waals surface area contributed by atoms with Gasteiger partial charge in [0.2, 0.25) is 0 Å². The number of benzene rings is 2. The number of nitrogens with zero attached hydrogens (tertiary/aromatic N) is 3. The van der Waals surface area contributed by atoms with Crippen molar-refractivity contribution in [2.45, 2.75) is 13.3 Å². The van der Waals surface area contributed by atoms with Crippen molar-refractivity contribution in [3.8, 4) is 5.69 Å². The minimum atomic E-state index is -0.499. The molecule has 0 radical (unpaired) electrons. The maximum Gasteiger partial charge on any atom is 0.270 e. The summed E-state index contributed by atoms with van der Waals surface area (Å²) in [6, 6.07) is 19.4. The summed E-state index contributed by atoms with van der Waals surface area (Å²) in [5.74, 6) is -0.934. The average molecular weight is 445 g/mol. The lowest BCUT2D eigenvalue weighted by Gasteiger charge is -2.30. The van der Waals surface area contributed by atoms with Gasteiger partial charge in [-0.25, -0.2) is 0 Å². The number of amides is 2. The van der Waals surface area contributed by atoms with Crippen LogP contribution in [0.15, 0.2) is 72.4 Å². The van der Waals surface area contributed by atoms with E-state index >= 15 is 0 Å². The third-order valence-electron chi connectivity index (χ3n) is 5.43. The maximum atomic E-state index is 13.4. The minimum Gasteiger partial charge on any atom is -0.378 e. The van der Waals surface area contributed by atoms with Gasteiger partial charge in [-0.2, -0.15) is 0 Å². The molecule has 7 heteroatoms. The highest BCUT2D eigenvalue weighted by molar-refractivity contribution is 7.80. The van der Waals surface area contributed by atoms with E-state index in [1.807, 2.05) is 97.3 Å². The Hall–Kier alpha value is -3.71. The fourth-order valence-corrected chi connectivity index (χ4v) is 3.98. The molecular weight excluding hydrogens is 420 g/mol. The van der Waals surface area contributed by atoms with E-state index in [9.17, 15) is 9.59 Å². The van der Waals surface area contributed by atoms with Crippen LogP contribution >= 0.6 is 12.2 Å². The largest absolute Gasteiger partial charge is 0.378 e. The van der Waals surface area contributed by atoms with Crippen molar-refractivity contribution in [1.29, 1.82) is 0 Å². The van der Waals surface area contributed by atoms with Gasteiger partial charge in [-0.1, -0.05) is 25.1 Å². The van der Waals surface area contributed by atoms with Crippen molar-refractivity contribution >= 4 is 46.6 Å². The Morgan fingerprint density at radius 1 is 1.00 bits per heavy atom. The summed E-state index contributed by atoms with van der Waals surface area (Å²) in [6.07, 6.45) is 4.25. The Kier molecular flexibility index (Phi) is 5.92. The molecule has 162 valence electrons. The number of aryl methyl sites for hydroxylation is 1. The van der Waals surface area contributed by atoms with Crippen LogP contribution in [0.5, 0.6) is 0 Å². The molecule has 1 N–H and O–H groups in total. The van der Waals surface area contributed by atoms with E-state index in [2.05, 4.69) is 5.32 Å². The fourth-order valence-electron chi connectivity index (χ4n) is 3.71. The Morgan fingerprint density at radius 2 is 1.72 bits per heavy atom. The van der Waals surface area contributed by atoms with E-state index in [0.29, 0.717) is 5.69 Å². The minimum absolute atomic E-state index is 0.0365. The molecule has 1 saturated heterocycles. The van der Waals surface area contributed by atoms with Crippen LogP contribution in [-0.2, 0) is 16.0 Å². The third kappa shape index (κ3) is 3.94. The molecular formula is C25H24N4O2S. The molecule has 3 aromatic rings. The number of carbonyl (C=O) groups is 2. The molecule has 32 heavy (non-hydrogen) atoms. The van der Waals surface area contributed by atoms with Crippen molar-refractivity contribution < 1.29 is 9.59 Å². The predicted molar refractivity (Wildman–Crippen MR) is 132 cm³/mol. The number of hydrogen-bond donors (Lipinski definition) is 1. The molecule has 6 nitrogen and oxygen atoms in total. The van der Waals surface area contributed by atoms with Gasteiger partial charge in [-0.3, -0.25) is 19.8 Å². The lowest BCUT2D eigenvalue weighted by atomic mass is 10.1. The van der Waals surface area contributed by atoms with Crippen LogP contribution in [-0.4, -0.2) is 35.6 Å².